The fourth-order valence-electron chi connectivity index (χ4n) is 1.61. The summed E-state index contributed by atoms with van der Waals surface area (Å²) < 4.78 is 13.5. The van der Waals surface area contributed by atoms with E-state index in [-0.39, 0.29) is 5.82 Å². The van der Waals surface area contributed by atoms with E-state index < -0.39 is 0 Å². The molecule has 0 unspecified atom stereocenters. The summed E-state index contributed by atoms with van der Waals surface area (Å²) in [6.07, 6.45) is 2.69. The highest BCUT2D eigenvalue weighted by Gasteiger charge is 2.02. The maximum Gasteiger partial charge on any atom is 0.224 e. The van der Waals surface area contributed by atoms with Crippen molar-refractivity contribution in [3.8, 4) is 0 Å². The average Bonchev–Trinajstić information content (AvgIpc) is 2.45. The van der Waals surface area contributed by atoms with E-state index in [1.165, 1.54) is 6.07 Å². The smallest absolute Gasteiger partial charge is 0.224 e. The van der Waals surface area contributed by atoms with Crippen LogP contribution in [0.15, 0.2) is 36.5 Å². The molecule has 0 fully saturated rings. The van der Waals surface area contributed by atoms with Crippen molar-refractivity contribution in [3.63, 3.8) is 0 Å². The maximum absolute atomic E-state index is 13.5. The molecule has 5 heteroatoms. The number of anilines is 2. The zero-order valence-corrected chi connectivity index (χ0v) is 10.9. The molecule has 2 rings (SSSR count). The molecule has 0 aliphatic heterocycles. The Hall–Kier alpha value is -2.17. The first kappa shape index (κ1) is 13.3. The van der Waals surface area contributed by atoms with Gasteiger partial charge in [-0.1, -0.05) is 25.1 Å². The van der Waals surface area contributed by atoms with Crippen LogP contribution < -0.4 is 10.6 Å². The highest BCUT2D eigenvalue weighted by atomic mass is 19.1. The number of benzene rings is 1. The van der Waals surface area contributed by atoms with E-state index >= 15 is 0 Å². The largest absolute Gasteiger partial charge is 0.366 e. The van der Waals surface area contributed by atoms with Crippen LogP contribution in [0.5, 0.6) is 0 Å². The fourth-order valence-corrected chi connectivity index (χ4v) is 1.61. The van der Waals surface area contributed by atoms with Gasteiger partial charge in [0.15, 0.2) is 0 Å². The lowest BCUT2D eigenvalue weighted by Gasteiger charge is -2.08. The highest BCUT2D eigenvalue weighted by Crippen LogP contribution is 2.10. The summed E-state index contributed by atoms with van der Waals surface area (Å²) in [5, 5.41) is 6.20. The van der Waals surface area contributed by atoms with Crippen molar-refractivity contribution in [1.82, 2.24) is 9.97 Å². The van der Waals surface area contributed by atoms with Crippen LogP contribution in [-0.4, -0.2) is 16.5 Å². The Morgan fingerprint density at radius 2 is 2.00 bits per heavy atom. The summed E-state index contributed by atoms with van der Waals surface area (Å²) in [7, 11) is 0. The van der Waals surface area contributed by atoms with Gasteiger partial charge in [-0.3, -0.25) is 0 Å². The summed E-state index contributed by atoms with van der Waals surface area (Å²) in [6.45, 7) is 3.31. The Labute approximate surface area is 112 Å². The second-order valence-corrected chi connectivity index (χ2v) is 4.14. The summed E-state index contributed by atoms with van der Waals surface area (Å²) in [6, 6.07) is 8.45. The fraction of sp³-hybridized carbons (Fsp3) is 0.286. The Kier molecular flexibility index (Phi) is 4.66. The molecular formula is C14H17FN4. The van der Waals surface area contributed by atoms with E-state index in [2.05, 4.69) is 27.5 Å². The highest BCUT2D eigenvalue weighted by molar-refractivity contribution is 5.40. The molecule has 19 heavy (non-hydrogen) atoms. The van der Waals surface area contributed by atoms with Gasteiger partial charge in [0.05, 0.1) is 0 Å². The van der Waals surface area contributed by atoms with E-state index in [4.69, 9.17) is 0 Å². The van der Waals surface area contributed by atoms with E-state index in [0.29, 0.717) is 23.9 Å². The van der Waals surface area contributed by atoms with Crippen molar-refractivity contribution in [3.05, 3.63) is 47.9 Å². The van der Waals surface area contributed by atoms with Gasteiger partial charge >= 0.3 is 0 Å². The molecule has 0 atom stereocenters. The summed E-state index contributed by atoms with van der Waals surface area (Å²) in [5.74, 6) is 1.05. The molecule has 1 aromatic carbocycles. The molecule has 2 N–H and O–H groups in total. The molecule has 0 bridgehead atoms. The van der Waals surface area contributed by atoms with Crippen molar-refractivity contribution in [2.45, 2.75) is 19.9 Å². The molecule has 0 aliphatic rings. The molecule has 0 spiro atoms. The quantitative estimate of drug-likeness (QED) is 0.838. The molecule has 0 radical (unpaired) electrons. The first-order chi connectivity index (χ1) is 9.29. The Balaban J connectivity index is 1.98. The minimum atomic E-state index is -0.214. The second kappa shape index (κ2) is 6.68. The monoisotopic (exact) mass is 260 g/mol. The van der Waals surface area contributed by atoms with Gasteiger partial charge < -0.3 is 10.6 Å². The van der Waals surface area contributed by atoms with E-state index in [9.17, 15) is 4.39 Å². The van der Waals surface area contributed by atoms with Gasteiger partial charge in [-0.2, -0.15) is 4.98 Å². The minimum Gasteiger partial charge on any atom is -0.366 e. The molecule has 0 saturated heterocycles. The number of hydrogen-bond donors (Lipinski definition) is 2. The first-order valence-corrected chi connectivity index (χ1v) is 6.34. The van der Waals surface area contributed by atoms with Gasteiger partial charge in [0.2, 0.25) is 5.95 Å². The topological polar surface area (TPSA) is 49.8 Å². The molecule has 1 heterocycles. The third-order valence-corrected chi connectivity index (χ3v) is 2.61. The average molecular weight is 260 g/mol. The van der Waals surface area contributed by atoms with Crippen LogP contribution in [0.2, 0.25) is 0 Å². The van der Waals surface area contributed by atoms with Crippen LogP contribution in [-0.2, 0) is 6.54 Å². The molecule has 0 aliphatic carbocycles. The zero-order chi connectivity index (χ0) is 13.5. The Morgan fingerprint density at radius 3 is 2.79 bits per heavy atom. The number of rotatable bonds is 6. The van der Waals surface area contributed by atoms with Crippen molar-refractivity contribution in [2.24, 2.45) is 0 Å². The third kappa shape index (κ3) is 3.91. The molecule has 4 nitrogen and oxygen atoms in total. The SMILES string of the molecule is CCCNc1nccc(NCc2ccccc2F)n1. The van der Waals surface area contributed by atoms with Gasteiger partial charge in [-0.05, 0) is 18.6 Å². The van der Waals surface area contributed by atoms with E-state index in [1.54, 1.807) is 24.4 Å². The zero-order valence-electron chi connectivity index (χ0n) is 10.9. The van der Waals surface area contributed by atoms with Crippen LogP contribution in [0.1, 0.15) is 18.9 Å². The van der Waals surface area contributed by atoms with Crippen molar-refractivity contribution in [1.29, 1.82) is 0 Å². The van der Waals surface area contributed by atoms with Crippen molar-refractivity contribution < 1.29 is 4.39 Å². The normalized spacial score (nSPS) is 10.2. The molecule has 0 amide bonds. The van der Waals surface area contributed by atoms with Crippen LogP contribution in [0.4, 0.5) is 16.2 Å². The molecule has 1 aromatic heterocycles. The Morgan fingerprint density at radius 1 is 1.16 bits per heavy atom. The lowest BCUT2D eigenvalue weighted by molar-refractivity contribution is 0.613. The van der Waals surface area contributed by atoms with Crippen molar-refractivity contribution >= 4 is 11.8 Å². The molecular weight excluding hydrogens is 243 g/mol. The molecule has 2 aromatic rings. The lowest BCUT2D eigenvalue weighted by Crippen LogP contribution is -2.07. The van der Waals surface area contributed by atoms with Gasteiger partial charge in [0.25, 0.3) is 0 Å². The van der Waals surface area contributed by atoms with Crippen molar-refractivity contribution in [2.75, 3.05) is 17.2 Å². The van der Waals surface area contributed by atoms with Gasteiger partial charge in [-0.15, -0.1) is 0 Å². The molecule has 100 valence electrons. The molecule has 0 saturated carbocycles. The predicted octanol–water partition coefficient (Wildman–Crippen LogP) is 3.05. The summed E-state index contributed by atoms with van der Waals surface area (Å²) in [4.78, 5) is 8.41. The van der Waals surface area contributed by atoms with Gasteiger partial charge in [0.1, 0.15) is 11.6 Å². The van der Waals surface area contributed by atoms with Gasteiger partial charge in [0, 0.05) is 24.8 Å². The predicted molar refractivity (Wildman–Crippen MR) is 74.5 cm³/mol. The standard InChI is InChI=1S/C14H17FN4/c1-2-8-16-14-17-9-7-13(19-14)18-10-11-5-3-4-6-12(11)15/h3-7,9H,2,8,10H2,1H3,(H2,16,17,18,19). The number of aromatic nitrogens is 2. The summed E-state index contributed by atoms with van der Waals surface area (Å²) >= 11 is 0. The lowest BCUT2D eigenvalue weighted by atomic mass is 10.2. The number of hydrogen-bond acceptors (Lipinski definition) is 4. The minimum absolute atomic E-state index is 0.214. The van der Waals surface area contributed by atoms with Crippen LogP contribution in [0.25, 0.3) is 0 Å². The van der Waals surface area contributed by atoms with E-state index in [1.807, 2.05) is 6.07 Å². The second-order valence-electron chi connectivity index (χ2n) is 4.14. The van der Waals surface area contributed by atoms with Crippen LogP contribution in [0.3, 0.4) is 0 Å². The third-order valence-electron chi connectivity index (χ3n) is 2.61. The number of nitrogens with zero attached hydrogens (tertiary/aromatic N) is 2. The first-order valence-electron chi connectivity index (χ1n) is 6.34. The van der Waals surface area contributed by atoms with Crippen LogP contribution in [0, 0.1) is 5.82 Å². The number of halogens is 1. The van der Waals surface area contributed by atoms with E-state index in [0.717, 1.165) is 13.0 Å². The Bertz CT molecular complexity index is 530. The van der Waals surface area contributed by atoms with Crippen LogP contribution >= 0.6 is 0 Å². The number of nitrogens with one attached hydrogen (secondary N) is 2. The maximum atomic E-state index is 13.5. The van der Waals surface area contributed by atoms with Gasteiger partial charge in [-0.25, -0.2) is 9.37 Å². The summed E-state index contributed by atoms with van der Waals surface area (Å²) in [5.41, 5.74) is 0.615.